The summed E-state index contributed by atoms with van der Waals surface area (Å²) in [6.07, 6.45) is 17.2. The van der Waals surface area contributed by atoms with Gasteiger partial charge in [-0.3, -0.25) is 9.59 Å². The van der Waals surface area contributed by atoms with E-state index in [-0.39, 0.29) is 12.1 Å². The maximum Gasteiger partial charge on any atom is 0.310 e. The number of carbonyl (C=O) groups excluding carboxylic acids is 1. The van der Waals surface area contributed by atoms with Crippen LogP contribution in [-0.4, -0.2) is 23.1 Å². The van der Waals surface area contributed by atoms with Crippen LogP contribution in [0.1, 0.15) is 137 Å². The Labute approximate surface area is 198 Å². The molecule has 0 saturated heterocycles. The minimum Gasteiger partial charge on any atom is -0.481 e. The Morgan fingerprint density at radius 1 is 0.875 bits per heavy atom. The summed E-state index contributed by atoms with van der Waals surface area (Å²) in [7, 11) is 0. The fourth-order valence-corrected chi connectivity index (χ4v) is 5.35. The lowest BCUT2D eigenvalue weighted by Crippen LogP contribution is -2.35. The van der Waals surface area contributed by atoms with E-state index in [0.717, 1.165) is 44.9 Å². The van der Waals surface area contributed by atoms with Crippen LogP contribution in [0.15, 0.2) is 0 Å². The third kappa shape index (κ3) is 12.8. The SMILES string of the molecule is CCCCCCCCCCC(CCC(C)CC(C)(C)C)OC(=O)C1CCCCC1C(=O)O. The van der Waals surface area contributed by atoms with Crippen LogP contribution in [0.25, 0.3) is 0 Å². The van der Waals surface area contributed by atoms with E-state index in [1.165, 1.54) is 44.9 Å². The van der Waals surface area contributed by atoms with E-state index in [1.54, 1.807) is 0 Å². The third-order valence-corrected chi connectivity index (χ3v) is 6.99. The minimum atomic E-state index is -0.843. The van der Waals surface area contributed by atoms with Gasteiger partial charge in [-0.25, -0.2) is 0 Å². The zero-order chi connectivity index (χ0) is 24.0. The van der Waals surface area contributed by atoms with E-state index in [1.807, 2.05) is 0 Å². The standard InChI is InChI=1S/C28H52O4/c1-6-7-8-9-10-11-12-13-16-23(20-19-22(2)21-28(3,4)5)32-27(31)25-18-15-14-17-24(25)26(29)30/h22-25H,6-21H2,1-5H3,(H,29,30). The Kier molecular flexibility index (Phi) is 14.2. The average Bonchev–Trinajstić information content (AvgIpc) is 2.72. The Bertz CT molecular complexity index is 522. The van der Waals surface area contributed by atoms with E-state index in [9.17, 15) is 14.7 Å². The first kappa shape index (κ1) is 29.0. The molecular weight excluding hydrogens is 400 g/mol. The Morgan fingerprint density at radius 3 is 2.00 bits per heavy atom. The Balaban J connectivity index is 2.56. The van der Waals surface area contributed by atoms with Gasteiger partial charge in [-0.15, -0.1) is 0 Å². The second-order valence-electron chi connectivity index (χ2n) is 11.6. The van der Waals surface area contributed by atoms with E-state index in [0.29, 0.717) is 24.2 Å². The molecule has 0 aromatic carbocycles. The molecule has 4 heteroatoms. The number of rotatable bonds is 16. The molecular formula is C28H52O4. The molecule has 0 aromatic heterocycles. The zero-order valence-corrected chi connectivity index (χ0v) is 21.8. The molecule has 32 heavy (non-hydrogen) atoms. The Morgan fingerprint density at radius 2 is 1.44 bits per heavy atom. The minimum absolute atomic E-state index is 0.0682. The summed E-state index contributed by atoms with van der Waals surface area (Å²) < 4.78 is 6.01. The molecule has 188 valence electrons. The molecule has 0 amide bonds. The highest BCUT2D eigenvalue weighted by molar-refractivity contribution is 5.81. The van der Waals surface area contributed by atoms with Crippen LogP contribution in [0.2, 0.25) is 0 Å². The van der Waals surface area contributed by atoms with Gasteiger partial charge in [0.1, 0.15) is 6.10 Å². The number of carbonyl (C=O) groups is 2. The molecule has 4 nitrogen and oxygen atoms in total. The van der Waals surface area contributed by atoms with E-state index < -0.39 is 17.8 Å². The highest BCUT2D eigenvalue weighted by Gasteiger charge is 2.37. The van der Waals surface area contributed by atoms with Crippen LogP contribution >= 0.6 is 0 Å². The molecule has 1 N–H and O–H groups in total. The van der Waals surface area contributed by atoms with Crippen LogP contribution < -0.4 is 0 Å². The topological polar surface area (TPSA) is 63.6 Å². The fourth-order valence-electron chi connectivity index (χ4n) is 5.35. The number of ether oxygens (including phenoxy) is 1. The van der Waals surface area contributed by atoms with Crippen molar-refractivity contribution in [2.24, 2.45) is 23.2 Å². The average molecular weight is 453 g/mol. The normalized spacial score (nSPS) is 21.2. The zero-order valence-electron chi connectivity index (χ0n) is 21.8. The van der Waals surface area contributed by atoms with Gasteiger partial charge in [-0.2, -0.15) is 0 Å². The van der Waals surface area contributed by atoms with Crippen LogP contribution in [0.3, 0.4) is 0 Å². The number of hydrogen-bond acceptors (Lipinski definition) is 3. The number of aliphatic carboxylic acids is 1. The molecule has 1 saturated carbocycles. The first-order valence-corrected chi connectivity index (χ1v) is 13.6. The van der Waals surface area contributed by atoms with Crippen molar-refractivity contribution < 1.29 is 19.4 Å². The third-order valence-electron chi connectivity index (χ3n) is 6.99. The molecule has 1 rings (SSSR count). The molecule has 0 heterocycles. The van der Waals surface area contributed by atoms with Crippen molar-refractivity contribution in [1.29, 1.82) is 0 Å². The lowest BCUT2D eigenvalue weighted by atomic mass is 9.79. The lowest BCUT2D eigenvalue weighted by molar-refractivity contribution is -0.164. The van der Waals surface area contributed by atoms with Crippen LogP contribution in [-0.2, 0) is 14.3 Å². The van der Waals surface area contributed by atoms with Gasteiger partial charge in [0.05, 0.1) is 11.8 Å². The van der Waals surface area contributed by atoms with Crippen molar-refractivity contribution in [3.8, 4) is 0 Å². The molecule has 1 aliphatic rings. The Hall–Kier alpha value is -1.06. The van der Waals surface area contributed by atoms with E-state index in [4.69, 9.17) is 4.74 Å². The predicted molar refractivity (Wildman–Crippen MR) is 133 cm³/mol. The van der Waals surface area contributed by atoms with Crippen LogP contribution in [0.5, 0.6) is 0 Å². The van der Waals surface area contributed by atoms with Crippen molar-refractivity contribution in [3.63, 3.8) is 0 Å². The summed E-state index contributed by atoms with van der Waals surface area (Å²) in [5, 5.41) is 9.55. The van der Waals surface area contributed by atoms with Gasteiger partial charge in [-0.1, -0.05) is 92.4 Å². The molecule has 1 aliphatic carbocycles. The van der Waals surface area contributed by atoms with Crippen molar-refractivity contribution in [3.05, 3.63) is 0 Å². The van der Waals surface area contributed by atoms with Crippen molar-refractivity contribution in [2.45, 2.75) is 143 Å². The van der Waals surface area contributed by atoms with Crippen molar-refractivity contribution >= 4 is 11.9 Å². The molecule has 1 fully saturated rings. The molecule has 0 aromatic rings. The van der Waals surface area contributed by atoms with Gasteiger partial charge in [-0.05, 0) is 56.3 Å². The first-order valence-electron chi connectivity index (χ1n) is 13.6. The van der Waals surface area contributed by atoms with Gasteiger partial charge in [0.2, 0.25) is 0 Å². The molecule has 4 atom stereocenters. The number of esters is 1. The summed E-state index contributed by atoms with van der Waals surface area (Å²) in [6, 6.07) is 0. The van der Waals surface area contributed by atoms with Crippen molar-refractivity contribution in [1.82, 2.24) is 0 Å². The number of carboxylic acid groups (broad SMARTS) is 1. The number of hydrogen-bond donors (Lipinski definition) is 1. The molecule has 0 spiro atoms. The van der Waals surface area contributed by atoms with Gasteiger partial charge < -0.3 is 9.84 Å². The molecule has 0 bridgehead atoms. The maximum absolute atomic E-state index is 12.9. The quantitative estimate of drug-likeness (QED) is 0.189. The van der Waals surface area contributed by atoms with Gasteiger partial charge in [0.15, 0.2) is 0 Å². The maximum atomic E-state index is 12.9. The van der Waals surface area contributed by atoms with Crippen LogP contribution in [0.4, 0.5) is 0 Å². The summed E-state index contributed by atoms with van der Waals surface area (Å²) in [4.78, 5) is 24.6. The van der Waals surface area contributed by atoms with Gasteiger partial charge >= 0.3 is 11.9 Å². The van der Waals surface area contributed by atoms with Gasteiger partial charge in [0.25, 0.3) is 0 Å². The number of carboxylic acids is 1. The van der Waals surface area contributed by atoms with E-state index >= 15 is 0 Å². The second kappa shape index (κ2) is 15.7. The summed E-state index contributed by atoms with van der Waals surface area (Å²) >= 11 is 0. The highest BCUT2D eigenvalue weighted by Crippen LogP contribution is 2.33. The summed E-state index contributed by atoms with van der Waals surface area (Å²) in [5.41, 5.74) is 0.306. The predicted octanol–water partition coefficient (Wildman–Crippen LogP) is 8.17. The molecule has 0 radical (unpaired) electrons. The number of unbranched alkanes of at least 4 members (excludes halogenated alkanes) is 7. The smallest absolute Gasteiger partial charge is 0.310 e. The van der Waals surface area contributed by atoms with Crippen molar-refractivity contribution in [2.75, 3.05) is 0 Å². The second-order valence-corrected chi connectivity index (χ2v) is 11.6. The fraction of sp³-hybridized carbons (Fsp3) is 0.929. The summed E-state index contributed by atoms with van der Waals surface area (Å²) in [5.74, 6) is -1.54. The first-order chi connectivity index (χ1) is 15.1. The highest BCUT2D eigenvalue weighted by atomic mass is 16.5. The molecule has 0 aliphatic heterocycles. The summed E-state index contributed by atoms with van der Waals surface area (Å²) in [6.45, 7) is 11.4. The molecule has 4 unspecified atom stereocenters. The van der Waals surface area contributed by atoms with Gasteiger partial charge in [0, 0.05) is 0 Å². The van der Waals surface area contributed by atoms with Crippen LogP contribution in [0, 0.1) is 23.2 Å². The van der Waals surface area contributed by atoms with E-state index in [2.05, 4.69) is 34.6 Å². The monoisotopic (exact) mass is 452 g/mol. The lowest BCUT2D eigenvalue weighted by Gasteiger charge is -2.29. The largest absolute Gasteiger partial charge is 0.481 e.